The van der Waals surface area contributed by atoms with Crippen LogP contribution in [0.25, 0.3) is 0 Å². The molecule has 0 radical (unpaired) electrons. The molecule has 0 fully saturated rings. The van der Waals surface area contributed by atoms with E-state index in [9.17, 15) is 29.4 Å². The van der Waals surface area contributed by atoms with Crippen LogP contribution in [0.4, 0.5) is 0 Å². The molecule has 0 bridgehead atoms. The first kappa shape index (κ1) is 42.0. The van der Waals surface area contributed by atoms with E-state index in [4.69, 9.17) is 4.74 Å². The third-order valence-corrected chi connectivity index (χ3v) is 6.24. The molecule has 0 aromatic heterocycles. The molecule has 0 aliphatic heterocycles. The second kappa shape index (κ2) is 31.0. The first-order chi connectivity index (χ1) is 22.4. The molecule has 0 aliphatic carbocycles. The second-order valence-electron chi connectivity index (χ2n) is 10.1. The highest BCUT2D eigenvalue weighted by atomic mass is 16.6. The lowest BCUT2D eigenvalue weighted by Gasteiger charge is -2.20. The summed E-state index contributed by atoms with van der Waals surface area (Å²) in [6.45, 7) is 1.33. The van der Waals surface area contributed by atoms with Gasteiger partial charge in [-0.25, -0.2) is 9.59 Å². The zero-order chi connectivity index (χ0) is 34.1. The first-order valence-electron chi connectivity index (χ1n) is 16.0. The number of methoxy groups -OCH3 is 1. The molecule has 0 saturated heterocycles. The summed E-state index contributed by atoms with van der Waals surface area (Å²) in [5.74, 6) is -2.18. The van der Waals surface area contributed by atoms with Crippen molar-refractivity contribution < 1.29 is 38.9 Å². The molecule has 0 saturated carbocycles. The first-order valence-corrected chi connectivity index (χ1v) is 16.0. The fraction of sp³-hybridized carbons (Fsp3) is 0.500. The third kappa shape index (κ3) is 26.4. The van der Waals surface area contributed by atoms with Gasteiger partial charge >= 0.3 is 11.9 Å². The van der Waals surface area contributed by atoms with Crippen LogP contribution >= 0.6 is 0 Å². The lowest BCUT2D eigenvalue weighted by Crippen LogP contribution is -2.44. The molecule has 4 N–H and O–H groups in total. The number of aliphatic hydroxyl groups is 2. The van der Waals surface area contributed by atoms with Crippen LogP contribution in [0.3, 0.4) is 0 Å². The smallest absolute Gasteiger partial charge is 0.330 e. The Morgan fingerprint density at radius 1 is 0.717 bits per heavy atom. The standard InChI is InChI=1S/C36H54N2O8/c1-3-4-5-6-7-8-9-10-11-12-13-14-15-16-17-18-19-20-21-25-34(42)38-32(36(44)46-31(29-39)30-40)24-22-23-28-37-33(41)26-27-35(43)45-2/h4-5,7-8,10-11,13-14,16-17,19-20,26-27,31-32,39-40H,3,6,9,12,15,18,21-25,28-30H2,1-2H3,(H,37,41)(H,38,42)/b5-4-,8-7-,11-10-,14-13-,17-16-,20-19-,27-26+. The van der Waals surface area contributed by atoms with Crippen LogP contribution in [-0.4, -0.2) is 73.0 Å². The zero-order valence-electron chi connectivity index (χ0n) is 27.5. The van der Waals surface area contributed by atoms with Crippen molar-refractivity contribution in [3.05, 3.63) is 85.1 Å². The molecule has 10 nitrogen and oxygen atoms in total. The predicted octanol–water partition coefficient (Wildman–Crippen LogP) is 4.86. The summed E-state index contributed by atoms with van der Waals surface area (Å²) >= 11 is 0. The third-order valence-electron chi connectivity index (χ3n) is 6.24. The average molecular weight is 643 g/mol. The lowest BCUT2D eigenvalue weighted by atomic mass is 10.1. The zero-order valence-corrected chi connectivity index (χ0v) is 27.5. The molecule has 0 spiro atoms. The molecule has 1 unspecified atom stereocenters. The molecule has 2 amide bonds. The monoisotopic (exact) mass is 642 g/mol. The summed E-state index contributed by atoms with van der Waals surface area (Å²) in [4.78, 5) is 47.9. The summed E-state index contributed by atoms with van der Waals surface area (Å²) in [5.41, 5.74) is 0. The number of rotatable bonds is 26. The second-order valence-corrected chi connectivity index (χ2v) is 10.1. The van der Waals surface area contributed by atoms with Crippen molar-refractivity contribution in [3.8, 4) is 0 Å². The van der Waals surface area contributed by atoms with E-state index < -0.39 is 43.2 Å². The Morgan fingerprint density at radius 3 is 1.74 bits per heavy atom. The molecule has 0 heterocycles. The van der Waals surface area contributed by atoms with Crippen molar-refractivity contribution in [3.63, 3.8) is 0 Å². The van der Waals surface area contributed by atoms with E-state index in [-0.39, 0.29) is 18.7 Å². The number of hydrogen-bond acceptors (Lipinski definition) is 8. The Morgan fingerprint density at radius 2 is 1.24 bits per heavy atom. The molecule has 10 heteroatoms. The SMILES string of the molecule is CC/C=C\C/C=C\C/C=C\C/C=C\C/C=C\C/C=C\CCC(=O)NC(CCCCNC(=O)/C=C/C(=O)OC)C(=O)OC(CO)CO. The number of carbonyl (C=O) groups excluding carboxylic acids is 4. The van der Waals surface area contributed by atoms with E-state index in [1.165, 1.54) is 7.11 Å². The molecule has 256 valence electrons. The van der Waals surface area contributed by atoms with Gasteiger partial charge < -0.3 is 30.3 Å². The summed E-state index contributed by atoms with van der Waals surface area (Å²) in [6, 6.07) is -0.965. The van der Waals surface area contributed by atoms with Crippen molar-refractivity contribution in [2.24, 2.45) is 0 Å². The van der Waals surface area contributed by atoms with Gasteiger partial charge in [0.1, 0.15) is 12.1 Å². The number of hydrogen-bond donors (Lipinski definition) is 4. The maximum Gasteiger partial charge on any atom is 0.330 e. The summed E-state index contributed by atoms with van der Waals surface area (Å²) in [6.07, 6.45) is 33.8. The van der Waals surface area contributed by atoms with Gasteiger partial charge in [-0.1, -0.05) is 79.8 Å². The number of amides is 2. The fourth-order valence-electron chi connectivity index (χ4n) is 3.70. The van der Waals surface area contributed by atoms with Crippen LogP contribution in [-0.2, 0) is 28.7 Å². The minimum atomic E-state index is -1.08. The van der Waals surface area contributed by atoms with Crippen LogP contribution in [0.15, 0.2) is 85.1 Å². The fourth-order valence-corrected chi connectivity index (χ4v) is 3.70. The summed E-state index contributed by atoms with van der Waals surface area (Å²) in [5, 5.41) is 23.8. The molecule has 1 atom stereocenters. The van der Waals surface area contributed by atoms with Crippen molar-refractivity contribution in [2.45, 2.75) is 89.7 Å². The molecular formula is C36H54N2O8. The molecular weight excluding hydrogens is 588 g/mol. The predicted molar refractivity (Wildman–Crippen MR) is 181 cm³/mol. The summed E-state index contributed by atoms with van der Waals surface area (Å²) < 4.78 is 9.53. The Labute approximate surface area is 274 Å². The van der Waals surface area contributed by atoms with E-state index in [0.717, 1.165) is 50.7 Å². The number of ether oxygens (including phenoxy) is 2. The Balaban J connectivity index is 4.40. The number of nitrogens with one attached hydrogen (secondary N) is 2. The summed E-state index contributed by atoms with van der Waals surface area (Å²) in [7, 11) is 1.21. The van der Waals surface area contributed by atoms with Gasteiger partial charge in [0.05, 0.1) is 20.3 Å². The van der Waals surface area contributed by atoms with Crippen molar-refractivity contribution in [2.75, 3.05) is 26.9 Å². The lowest BCUT2D eigenvalue weighted by molar-refractivity contribution is -0.157. The van der Waals surface area contributed by atoms with E-state index in [1.807, 2.05) is 12.2 Å². The van der Waals surface area contributed by atoms with Crippen LogP contribution in [0, 0.1) is 0 Å². The van der Waals surface area contributed by atoms with E-state index >= 15 is 0 Å². The Kier molecular flexibility index (Phi) is 28.3. The van der Waals surface area contributed by atoms with Crippen LogP contribution < -0.4 is 10.6 Å². The van der Waals surface area contributed by atoms with E-state index in [2.05, 4.69) is 83.1 Å². The van der Waals surface area contributed by atoms with Gasteiger partial charge in [0, 0.05) is 25.1 Å². The minimum Gasteiger partial charge on any atom is -0.466 e. The molecule has 0 aliphatic rings. The van der Waals surface area contributed by atoms with Crippen LogP contribution in [0.5, 0.6) is 0 Å². The average Bonchev–Trinajstić information content (AvgIpc) is 3.06. The number of carbonyl (C=O) groups is 4. The maximum atomic E-state index is 12.6. The maximum absolute atomic E-state index is 12.6. The van der Waals surface area contributed by atoms with Gasteiger partial charge in [-0.15, -0.1) is 0 Å². The largest absolute Gasteiger partial charge is 0.466 e. The minimum absolute atomic E-state index is 0.179. The molecule has 0 aromatic carbocycles. The number of allylic oxidation sites excluding steroid dienone is 12. The van der Waals surface area contributed by atoms with Gasteiger partial charge in [-0.2, -0.15) is 0 Å². The van der Waals surface area contributed by atoms with Crippen LogP contribution in [0.1, 0.15) is 77.6 Å². The highest BCUT2D eigenvalue weighted by Gasteiger charge is 2.24. The van der Waals surface area contributed by atoms with Gasteiger partial charge in [-0.3, -0.25) is 9.59 Å². The van der Waals surface area contributed by atoms with E-state index in [0.29, 0.717) is 25.8 Å². The molecule has 46 heavy (non-hydrogen) atoms. The van der Waals surface area contributed by atoms with Crippen LogP contribution in [0.2, 0.25) is 0 Å². The van der Waals surface area contributed by atoms with Gasteiger partial charge in [0.15, 0.2) is 0 Å². The Hall–Kier alpha value is -4.02. The van der Waals surface area contributed by atoms with Crippen molar-refractivity contribution in [1.29, 1.82) is 0 Å². The quantitative estimate of drug-likeness (QED) is 0.0452. The van der Waals surface area contributed by atoms with Gasteiger partial charge in [0.2, 0.25) is 11.8 Å². The van der Waals surface area contributed by atoms with E-state index in [1.54, 1.807) is 0 Å². The number of aliphatic hydroxyl groups excluding tert-OH is 2. The van der Waals surface area contributed by atoms with Gasteiger partial charge in [-0.05, 0) is 64.2 Å². The topological polar surface area (TPSA) is 151 Å². The van der Waals surface area contributed by atoms with Crippen molar-refractivity contribution >= 4 is 23.8 Å². The van der Waals surface area contributed by atoms with Gasteiger partial charge in [0.25, 0.3) is 0 Å². The Bertz CT molecular complexity index is 1050. The molecule has 0 aromatic rings. The number of esters is 2. The normalized spacial score (nSPS) is 13.0. The van der Waals surface area contributed by atoms with Crippen molar-refractivity contribution in [1.82, 2.24) is 10.6 Å². The highest BCUT2D eigenvalue weighted by molar-refractivity contribution is 5.94. The highest BCUT2D eigenvalue weighted by Crippen LogP contribution is 2.07. The molecule has 0 rings (SSSR count). The number of unbranched alkanes of at least 4 members (excludes halogenated alkanes) is 1.